The van der Waals surface area contributed by atoms with Crippen LogP contribution >= 0.6 is 127 Å². The fourth-order valence-corrected chi connectivity index (χ4v) is 7.92. The van der Waals surface area contributed by atoms with E-state index in [0.29, 0.717) is 17.9 Å². The van der Waals surface area contributed by atoms with E-state index in [1.165, 1.54) is 110 Å². The molecule has 0 aromatic heterocycles. The zero-order valence-electron chi connectivity index (χ0n) is 29.8. The monoisotopic (exact) mass is 1250 g/mol. The van der Waals surface area contributed by atoms with Crippen molar-refractivity contribution in [3.63, 3.8) is 0 Å². The number of unbranched alkanes of at least 4 members (excludes halogenated alkanes) is 4. The van der Waals surface area contributed by atoms with Crippen molar-refractivity contribution in [1.29, 1.82) is 0 Å². The van der Waals surface area contributed by atoms with Gasteiger partial charge in [0.2, 0.25) is 0 Å². The molecular weight excluding hydrogens is 1210 g/mol. The Bertz CT molecular complexity index is 966. The van der Waals surface area contributed by atoms with E-state index in [4.69, 9.17) is 0 Å². The molecule has 0 saturated carbocycles. The van der Waals surface area contributed by atoms with Crippen molar-refractivity contribution in [1.82, 2.24) is 0 Å². The van der Waals surface area contributed by atoms with Crippen LogP contribution < -0.4 is 20.4 Å². The third kappa shape index (κ3) is 23.9. The van der Waals surface area contributed by atoms with Crippen molar-refractivity contribution < 1.29 is 51.6 Å². The number of benzene rings is 2. The second-order valence-corrected chi connectivity index (χ2v) is 17.6. The molecule has 0 aliphatic heterocycles. The Hall–Kier alpha value is 1.30. The fourth-order valence-electron chi connectivity index (χ4n) is 3.83. The van der Waals surface area contributed by atoms with Crippen LogP contribution in [0, 0.1) is 0 Å². The van der Waals surface area contributed by atoms with E-state index in [-0.39, 0.29) is 46.5 Å². The minimum Gasteiger partial charge on any atom is -0.872 e. The minimum absolute atomic E-state index is 0. The molecule has 50 heavy (non-hydrogen) atoms. The van der Waals surface area contributed by atoms with Crippen LogP contribution in [0.25, 0.3) is 0 Å². The topological polar surface area (TPSA) is 126 Å². The summed E-state index contributed by atoms with van der Waals surface area (Å²) in [5.74, 6) is -1.90. The van der Waals surface area contributed by atoms with Crippen molar-refractivity contribution in [2.75, 3.05) is 26.2 Å². The molecule has 0 aliphatic carbocycles. The maximum atomic E-state index is 11.1. The van der Waals surface area contributed by atoms with Gasteiger partial charge < -0.3 is 34.5 Å². The van der Waals surface area contributed by atoms with Gasteiger partial charge in [-0.15, -0.1) is 23.0 Å². The normalized spacial score (nSPS) is 10.1. The van der Waals surface area contributed by atoms with Crippen molar-refractivity contribution in [3.8, 4) is 23.0 Å². The molecule has 0 spiro atoms. The largest absolute Gasteiger partial charge is 3.00 e. The molecule has 2 aromatic carbocycles. The molecule has 0 unspecified atom stereocenters. The van der Waals surface area contributed by atoms with Gasteiger partial charge in [-0.1, -0.05) is 117 Å². The van der Waals surface area contributed by atoms with E-state index in [2.05, 4.69) is 155 Å². The van der Waals surface area contributed by atoms with E-state index in [0.717, 1.165) is 0 Å². The van der Waals surface area contributed by atoms with Crippen molar-refractivity contribution in [2.24, 2.45) is 0 Å². The van der Waals surface area contributed by atoms with E-state index >= 15 is 0 Å². The smallest absolute Gasteiger partial charge is 0.872 e. The maximum Gasteiger partial charge on any atom is 3.00 e. The number of quaternary nitrogens is 1. The third-order valence-corrected chi connectivity index (χ3v) is 15.7. The van der Waals surface area contributed by atoms with Gasteiger partial charge in [-0.2, -0.15) is 0 Å². The predicted molar refractivity (Wildman–Crippen MR) is 224 cm³/mol. The summed E-state index contributed by atoms with van der Waals surface area (Å²) >= 11 is 24.6. The van der Waals surface area contributed by atoms with Crippen molar-refractivity contribution >= 4 is 139 Å². The number of Topliss-reactive ketones (excluding diaryl/α,β-unsaturated/α-hetero) is 2. The maximum absolute atomic E-state index is 11.1. The van der Waals surface area contributed by atoms with Crippen LogP contribution in [-0.4, -0.2) is 42.2 Å². The number of carbonyl (C=O) groups excluding carboxylic acids is 2. The van der Waals surface area contributed by atoms with E-state index in [9.17, 15) is 30.0 Å². The number of hydrogen-bond donors (Lipinski definition) is 0. The molecule has 0 bridgehead atoms. The van der Waals surface area contributed by atoms with Crippen LogP contribution in [0.1, 0.15) is 107 Å². The summed E-state index contributed by atoms with van der Waals surface area (Å²) in [6, 6.07) is 0. The van der Waals surface area contributed by atoms with Gasteiger partial charge in [0.1, 0.15) is 11.6 Å². The molecule has 288 valence electrons. The van der Waals surface area contributed by atoms with E-state index in [1.807, 2.05) is 0 Å². The zero-order valence-corrected chi connectivity index (χ0v) is 43.7. The summed E-state index contributed by atoms with van der Waals surface area (Å²) in [4.78, 5) is 18.9. The first-order valence-electron chi connectivity index (χ1n) is 15.8. The molecule has 2 rings (SSSR count). The second-order valence-electron chi connectivity index (χ2n) is 11.3. The Morgan fingerprint density at radius 3 is 0.680 bits per heavy atom. The summed E-state index contributed by atoms with van der Waals surface area (Å²) in [5.41, 5.74) is 0. The molecule has 2 aromatic rings. The molecule has 0 atom stereocenters. The van der Waals surface area contributed by atoms with Gasteiger partial charge in [0.05, 0.1) is 26.2 Å². The number of ketones is 2. The van der Waals surface area contributed by atoms with Crippen LogP contribution in [0.4, 0.5) is 0 Å². The quantitative estimate of drug-likeness (QED) is 0.0902. The summed E-state index contributed by atoms with van der Waals surface area (Å²) in [6.07, 6.45) is 11.1. The first-order chi connectivity index (χ1) is 22.6. The molecule has 0 fully saturated rings. The van der Waals surface area contributed by atoms with Gasteiger partial charge in [-0.3, -0.25) is 0 Å². The third-order valence-electron chi connectivity index (χ3n) is 6.31. The second kappa shape index (κ2) is 32.5. The molecule has 7 nitrogen and oxygen atoms in total. The Kier molecular flexibility index (Phi) is 37.7. The molecule has 0 radical (unpaired) electrons. The van der Waals surface area contributed by atoms with Crippen molar-refractivity contribution in [3.05, 3.63) is 35.8 Å². The number of hydrogen-bond acceptors (Lipinski definition) is 6. The van der Waals surface area contributed by atoms with Gasteiger partial charge in [-0.25, -0.2) is 0 Å². The SMILES string of the molecule is CC(C)=O.CC(C)=O.CCCC[N+](CCCC)(CCCC)CCCC.[Mn+3].[O-]c1c([O-])c(Br)c(Br)c(Br)c1Br.[O-]c1c([O-])c(Br)c(Br)c(Br)c1Br. The average molecular weight is 1260 g/mol. The number of carbonyl (C=O) groups is 2. The molecule has 0 aliphatic rings. The minimum atomic E-state index is -0.558. The molecule has 0 saturated heterocycles. The standard InChI is InChI=1S/C16H36N.2C6H2Br4O2.2C3H6O.Mn/c1-5-9-13-17(14-10-6-2,15-11-7-3)16-12-8-4;2*7-1-2(8)4(10)6(12)5(11)3(1)9;2*1-3(2)4;/h5-16H2,1-4H3;2*11-12H;2*1-2H3;/q+1;;;;;+3/p-4. The first kappa shape index (κ1) is 58.0. The molecule has 0 N–H and O–H groups in total. The van der Waals surface area contributed by atoms with Crippen LogP contribution in [0.2, 0.25) is 0 Å². The van der Waals surface area contributed by atoms with Gasteiger partial charge in [-0.05, 0) is 117 Å². The fraction of sp³-hybridized carbons (Fsp3) is 0.588. The number of halogens is 8. The van der Waals surface area contributed by atoms with Gasteiger partial charge in [0.15, 0.2) is 0 Å². The van der Waals surface area contributed by atoms with Crippen LogP contribution in [0.3, 0.4) is 0 Å². The first-order valence-corrected chi connectivity index (χ1v) is 22.2. The predicted octanol–water partition coefficient (Wildman–Crippen LogP) is 12.0. The van der Waals surface area contributed by atoms with E-state index < -0.39 is 23.0 Å². The van der Waals surface area contributed by atoms with Crippen molar-refractivity contribution in [2.45, 2.75) is 107 Å². The summed E-state index contributed by atoms with van der Waals surface area (Å²) in [5, 5.41) is 44.5. The zero-order chi connectivity index (χ0) is 39.1. The summed E-state index contributed by atoms with van der Waals surface area (Å²) in [6.45, 7) is 21.1. The molecule has 0 amide bonds. The van der Waals surface area contributed by atoms with Crippen LogP contribution in [0.5, 0.6) is 23.0 Å². The Morgan fingerprint density at radius 1 is 0.420 bits per heavy atom. The molecular formula is C34H48Br8MnNO6. The number of nitrogens with zero attached hydrogens (tertiary/aromatic N) is 1. The van der Waals surface area contributed by atoms with Gasteiger partial charge >= 0.3 is 17.1 Å². The van der Waals surface area contributed by atoms with Gasteiger partial charge in [0, 0.05) is 35.8 Å². The molecule has 16 heteroatoms. The Morgan fingerprint density at radius 2 is 0.560 bits per heavy atom. The van der Waals surface area contributed by atoms with Crippen LogP contribution in [0.15, 0.2) is 35.8 Å². The Labute approximate surface area is 378 Å². The van der Waals surface area contributed by atoms with E-state index in [1.54, 1.807) is 0 Å². The summed E-state index contributed by atoms with van der Waals surface area (Å²) in [7, 11) is 0. The average Bonchev–Trinajstić information content (AvgIpc) is 3.05. The van der Waals surface area contributed by atoms with Gasteiger partial charge in [0.25, 0.3) is 0 Å². The molecule has 0 heterocycles. The Balaban J connectivity index is -0.000000287. The number of rotatable bonds is 12. The van der Waals surface area contributed by atoms with Crippen LogP contribution in [-0.2, 0) is 26.7 Å². The summed E-state index contributed by atoms with van der Waals surface area (Å²) < 4.78 is 4.54.